The second kappa shape index (κ2) is 7.58. The van der Waals surface area contributed by atoms with Crippen molar-refractivity contribution in [1.82, 2.24) is 9.88 Å². The van der Waals surface area contributed by atoms with Gasteiger partial charge >= 0.3 is 0 Å². The van der Waals surface area contributed by atoms with E-state index in [1.54, 1.807) is 49.1 Å². The molecular weight excluding hydrogens is 340 g/mol. The number of nitrogens with zero attached hydrogens (tertiary/aromatic N) is 2. The molecule has 3 rings (SSSR count). The molecule has 2 aromatic heterocycles. The van der Waals surface area contributed by atoms with Crippen LogP contribution in [0, 0.1) is 0 Å². The number of hydrogen-bond donors (Lipinski definition) is 1. The zero-order valence-corrected chi connectivity index (χ0v) is 14.5. The van der Waals surface area contributed by atoms with Crippen LogP contribution in [0.4, 0.5) is 0 Å². The van der Waals surface area contributed by atoms with Gasteiger partial charge in [-0.15, -0.1) is 11.3 Å². The van der Waals surface area contributed by atoms with Gasteiger partial charge in [0.25, 0.3) is 5.91 Å². The third-order valence-electron chi connectivity index (χ3n) is 4.06. The highest BCUT2D eigenvalue weighted by molar-refractivity contribution is 7.12. The summed E-state index contributed by atoms with van der Waals surface area (Å²) in [7, 11) is 1.59. The van der Waals surface area contributed by atoms with E-state index in [0.29, 0.717) is 24.4 Å². The molecule has 1 unspecified atom stereocenters. The van der Waals surface area contributed by atoms with Crippen molar-refractivity contribution < 1.29 is 19.4 Å². The van der Waals surface area contributed by atoms with Gasteiger partial charge in [-0.2, -0.15) is 0 Å². The van der Waals surface area contributed by atoms with Crippen LogP contribution in [0.3, 0.4) is 0 Å². The van der Waals surface area contributed by atoms with Crippen LogP contribution in [0.15, 0.2) is 53.4 Å². The van der Waals surface area contributed by atoms with Crippen molar-refractivity contribution in [2.45, 2.75) is 12.5 Å². The lowest BCUT2D eigenvalue weighted by Gasteiger charge is -2.26. The minimum atomic E-state index is -0.623. The number of carbonyl (C=O) groups is 2. The highest BCUT2D eigenvalue weighted by atomic mass is 32.1. The van der Waals surface area contributed by atoms with Crippen LogP contribution in [-0.4, -0.2) is 46.9 Å². The number of methoxy groups -OCH3 is 1. The van der Waals surface area contributed by atoms with E-state index in [4.69, 9.17) is 4.74 Å². The fourth-order valence-electron chi connectivity index (χ4n) is 2.93. The van der Waals surface area contributed by atoms with Gasteiger partial charge in [0.1, 0.15) is 0 Å². The SMILES string of the molecule is COCCCN1C(=O)C(O)=C(C(=O)c2cccs2)C1c1ccncc1. The van der Waals surface area contributed by atoms with Crippen LogP contribution >= 0.6 is 11.3 Å². The molecular formula is C18H18N2O4S. The smallest absolute Gasteiger partial charge is 0.290 e. The van der Waals surface area contributed by atoms with Crippen LogP contribution in [-0.2, 0) is 9.53 Å². The van der Waals surface area contributed by atoms with Crippen molar-refractivity contribution in [3.63, 3.8) is 0 Å². The van der Waals surface area contributed by atoms with Crippen LogP contribution in [0.1, 0.15) is 27.7 Å². The molecule has 25 heavy (non-hydrogen) atoms. The first kappa shape index (κ1) is 17.3. The predicted octanol–water partition coefficient (Wildman–Crippen LogP) is 2.76. The molecule has 7 heteroatoms. The van der Waals surface area contributed by atoms with Gasteiger partial charge in [0, 0.05) is 32.7 Å². The summed E-state index contributed by atoms with van der Waals surface area (Å²) in [6, 6.07) is 6.34. The molecule has 0 fully saturated rings. The fraction of sp³-hybridized carbons (Fsp3) is 0.278. The number of carbonyl (C=O) groups excluding carboxylic acids is 2. The van der Waals surface area contributed by atoms with E-state index in [0.717, 1.165) is 5.56 Å². The van der Waals surface area contributed by atoms with E-state index in [-0.39, 0.29) is 11.4 Å². The second-order valence-corrected chi connectivity index (χ2v) is 6.54. The van der Waals surface area contributed by atoms with E-state index >= 15 is 0 Å². The molecule has 0 radical (unpaired) electrons. The topological polar surface area (TPSA) is 79.7 Å². The molecule has 0 aliphatic carbocycles. The maximum Gasteiger partial charge on any atom is 0.290 e. The molecule has 130 valence electrons. The number of aliphatic hydroxyl groups excluding tert-OH is 1. The number of amides is 1. The van der Waals surface area contributed by atoms with Crippen molar-refractivity contribution in [2.24, 2.45) is 0 Å². The summed E-state index contributed by atoms with van der Waals surface area (Å²) >= 11 is 1.28. The van der Waals surface area contributed by atoms with Gasteiger partial charge in [0.05, 0.1) is 16.5 Å². The predicted molar refractivity (Wildman–Crippen MR) is 93.5 cm³/mol. The van der Waals surface area contributed by atoms with Gasteiger partial charge in [0.15, 0.2) is 5.76 Å². The average Bonchev–Trinajstić information content (AvgIpc) is 3.25. The molecule has 0 spiro atoms. The standard InChI is InChI=1S/C18H18N2O4S/c1-24-10-3-9-20-15(12-5-7-19-8-6-12)14(17(22)18(20)23)16(21)13-4-2-11-25-13/h2,4-8,11,15,22H,3,9-10H2,1H3. The normalized spacial score (nSPS) is 17.4. The van der Waals surface area contributed by atoms with Gasteiger partial charge < -0.3 is 14.7 Å². The summed E-state index contributed by atoms with van der Waals surface area (Å²) in [5.41, 5.74) is 0.862. The van der Waals surface area contributed by atoms with Gasteiger partial charge in [-0.05, 0) is 35.6 Å². The Morgan fingerprint density at radius 2 is 2.12 bits per heavy atom. The quantitative estimate of drug-likeness (QED) is 0.608. The van der Waals surface area contributed by atoms with E-state index < -0.39 is 17.7 Å². The van der Waals surface area contributed by atoms with E-state index in [1.165, 1.54) is 16.2 Å². The van der Waals surface area contributed by atoms with Crippen molar-refractivity contribution in [2.75, 3.05) is 20.3 Å². The highest BCUT2D eigenvalue weighted by Gasteiger charge is 2.43. The number of pyridine rings is 1. The number of ketones is 1. The first-order valence-electron chi connectivity index (χ1n) is 7.86. The van der Waals surface area contributed by atoms with Crippen LogP contribution in [0.5, 0.6) is 0 Å². The largest absolute Gasteiger partial charge is 0.503 e. The number of aromatic nitrogens is 1. The summed E-state index contributed by atoms with van der Waals surface area (Å²) in [5.74, 6) is -1.33. The maximum atomic E-state index is 12.9. The third-order valence-corrected chi connectivity index (χ3v) is 4.93. The van der Waals surface area contributed by atoms with E-state index in [2.05, 4.69) is 4.98 Å². The van der Waals surface area contributed by atoms with Crippen molar-refractivity contribution in [3.05, 3.63) is 63.8 Å². The number of rotatable bonds is 7. The Kier molecular flexibility index (Phi) is 5.25. The monoisotopic (exact) mass is 358 g/mol. The Balaban J connectivity index is 2.01. The first-order chi connectivity index (χ1) is 12.1. The Hall–Kier alpha value is -2.51. The van der Waals surface area contributed by atoms with Crippen LogP contribution in [0.2, 0.25) is 0 Å². The molecule has 6 nitrogen and oxygen atoms in total. The van der Waals surface area contributed by atoms with Gasteiger partial charge in [-0.25, -0.2) is 0 Å². The first-order valence-corrected chi connectivity index (χ1v) is 8.74. The number of thiophene rings is 1. The minimum Gasteiger partial charge on any atom is -0.503 e. The number of ether oxygens (including phenoxy) is 1. The number of Topliss-reactive ketones (excluding diaryl/α,β-unsaturated/α-hetero) is 1. The molecule has 0 saturated carbocycles. The highest BCUT2D eigenvalue weighted by Crippen LogP contribution is 2.39. The van der Waals surface area contributed by atoms with Gasteiger partial charge in [-0.1, -0.05) is 6.07 Å². The lowest BCUT2D eigenvalue weighted by Crippen LogP contribution is -2.32. The molecule has 0 aromatic carbocycles. The Morgan fingerprint density at radius 3 is 2.76 bits per heavy atom. The van der Waals surface area contributed by atoms with Gasteiger partial charge in [0.2, 0.25) is 5.78 Å². The molecule has 1 atom stereocenters. The summed E-state index contributed by atoms with van der Waals surface area (Å²) in [5, 5.41) is 12.2. The lowest BCUT2D eigenvalue weighted by molar-refractivity contribution is -0.129. The van der Waals surface area contributed by atoms with Crippen molar-refractivity contribution >= 4 is 23.0 Å². The van der Waals surface area contributed by atoms with E-state index in [1.807, 2.05) is 0 Å². The third kappa shape index (κ3) is 3.33. The Labute approximate surface area is 149 Å². The van der Waals surface area contributed by atoms with Crippen LogP contribution < -0.4 is 0 Å². The lowest BCUT2D eigenvalue weighted by atomic mass is 9.96. The van der Waals surface area contributed by atoms with Gasteiger partial charge in [-0.3, -0.25) is 14.6 Å². The van der Waals surface area contributed by atoms with E-state index in [9.17, 15) is 14.7 Å². The minimum absolute atomic E-state index is 0.121. The molecule has 2 aromatic rings. The number of hydrogen-bond acceptors (Lipinski definition) is 6. The molecule has 1 N–H and O–H groups in total. The Bertz CT molecular complexity index is 787. The number of aliphatic hydroxyl groups is 1. The van der Waals surface area contributed by atoms with Crippen molar-refractivity contribution in [1.29, 1.82) is 0 Å². The Morgan fingerprint density at radius 1 is 1.36 bits per heavy atom. The molecule has 3 heterocycles. The maximum absolute atomic E-state index is 12.9. The molecule has 1 aliphatic rings. The fourth-order valence-corrected chi connectivity index (χ4v) is 3.61. The molecule has 0 saturated heterocycles. The van der Waals surface area contributed by atoms with Crippen molar-refractivity contribution in [3.8, 4) is 0 Å². The van der Waals surface area contributed by atoms with Crippen LogP contribution in [0.25, 0.3) is 0 Å². The molecule has 1 amide bonds. The summed E-state index contributed by atoms with van der Waals surface area (Å²) in [6.07, 6.45) is 3.82. The molecule has 1 aliphatic heterocycles. The average molecular weight is 358 g/mol. The zero-order valence-electron chi connectivity index (χ0n) is 13.7. The molecule has 0 bridgehead atoms. The second-order valence-electron chi connectivity index (χ2n) is 5.60. The zero-order chi connectivity index (χ0) is 17.8. The summed E-state index contributed by atoms with van der Waals surface area (Å²) in [4.78, 5) is 31.5. The summed E-state index contributed by atoms with van der Waals surface area (Å²) in [6.45, 7) is 0.868. The summed E-state index contributed by atoms with van der Waals surface area (Å²) < 4.78 is 5.05.